The Balaban J connectivity index is 1.76. The highest BCUT2D eigenvalue weighted by Gasteiger charge is 2.22. The highest BCUT2D eigenvalue weighted by molar-refractivity contribution is 6.10. The first-order valence-electron chi connectivity index (χ1n) is 10.1. The van der Waals surface area contributed by atoms with Crippen molar-refractivity contribution in [2.75, 3.05) is 31.3 Å². The monoisotopic (exact) mass is 452 g/mol. The second-order valence-electron chi connectivity index (χ2n) is 7.75. The first-order valence-corrected chi connectivity index (χ1v) is 10.1. The Hall–Kier alpha value is -4.05. The summed E-state index contributed by atoms with van der Waals surface area (Å²) in [6.07, 6.45) is 1.41. The van der Waals surface area contributed by atoms with Crippen LogP contribution in [0.4, 0.5) is 15.8 Å². The smallest absolute Gasteiger partial charge is 0.274 e. The van der Waals surface area contributed by atoms with Crippen molar-refractivity contribution in [3.05, 3.63) is 77.1 Å². The van der Waals surface area contributed by atoms with Crippen LogP contribution >= 0.6 is 0 Å². The summed E-state index contributed by atoms with van der Waals surface area (Å²) >= 11 is 0. The van der Waals surface area contributed by atoms with Crippen LogP contribution in [-0.4, -0.2) is 52.8 Å². The summed E-state index contributed by atoms with van der Waals surface area (Å²) in [7, 11) is 3.79. The third-order valence-electron chi connectivity index (χ3n) is 4.91. The zero-order valence-corrected chi connectivity index (χ0v) is 18.6. The van der Waals surface area contributed by atoms with E-state index in [1.807, 2.05) is 19.0 Å². The summed E-state index contributed by atoms with van der Waals surface area (Å²) in [4.78, 5) is 43.0. The summed E-state index contributed by atoms with van der Waals surface area (Å²) < 4.78 is 14.6. The molecule has 9 nitrogen and oxygen atoms in total. The van der Waals surface area contributed by atoms with Gasteiger partial charge in [0.05, 0.1) is 6.33 Å². The summed E-state index contributed by atoms with van der Waals surface area (Å²) in [5.74, 6) is -2.13. The number of anilines is 2. The number of amides is 3. The van der Waals surface area contributed by atoms with Gasteiger partial charge in [-0.3, -0.25) is 14.4 Å². The molecule has 0 aliphatic rings. The van der Waals surface area contributed by atoms with Gasteiger partial charge in [-0.05, 0) is 69.0 Å². The Morgan fingerprint density at radius 1 is 1.06 bits per heavy atom. The molecule has 0 saturated heterocycles. The van der Waals surface area contributed by atoms with Crippen molar-refractivity contribution in [2.24, 2.45) is 5.73 Å². The first kappa shape index (κ1) is 23.6. The van der Waals surface area contributed by atoms with Crippen LogP contribution < -0.4 is 16.4 Å². The van der Waals surface area contributed by atoms with Crippen molar-refractivity contribution >= 4 is 29.1 Å². The Morgan fingerprint density at radius 3 is 2.36 bits per heavy atom. The molecule has 10 heteroatoms. The fraction of sp³-hybridized carbons (Fsp3) is 0.217. The molecule has 3 aromatic rings. The number of primary amides is 1. The number of hydrogen-bond acceptors (Lipinski definition) is 5. The van der Waals surface area contributed by atoms with Crippen LogP contribution in [0.15, 0.2) is 48.8 Å². The van der Waals surface area contributed by atoms with E-state index in [4.69, 9.17) is 5.73 Å². The van der Waals surface area contributed by atoms with Crippen molar-refractivity contribution in [3.8, 4) is 0 Å². The average molecular weight is 452 g/mol. The Labute approximate surface area is 190 Å². The van der Waals surface area contributed by atoms with Crippen LogP contribution in [0, 0.1) is 12.7 Å². The molecule has 0 unspecified atom stereocenters. The third-order valence-corrected chi connectivity index (χ3v) is 4.91. The lowest BCUT2D eigenvalue weighted by atomic mass is 10.1. The molecule has 0 atom stereocenters. The van der Waals surface area contributed by atoms with E-state index in [0.717, 1.165) is 0 Å². The number of aromatic nitrogens is 2. The van der Waals surface area contributed by atoms with Gasteiger partial charge < -0.3 is 25.8 Å². The van der Waals surface area contributed by atoms with E-state index in [9.17, 15) is 18.8 Å². The van der Waals surface area contributed by atoms with Gasteiger partial charge in [-0.2, -0.15) is 0 Å². The van der Waals surface area contributed by atoms with Gasteiger partial charge >= 0.3 is 0 Å². The molecule has 0 saturated carbocycles. The number of hydrogen-bond donors (Lipinski definition) is 3. The molecule has 33 heavy (non-hydrogen) atoms. The zero-order chi connectivity index (χ0) is 24.1. The van der Waals surface area contributed by atoms with Gasteiger partial charge in [-0.25, -0.2) is 9.37 Å². The van der Waals surface area contributed by atoms with Crippen molar-refractivity contribution in [1.29, 1.82) is 0 Å². The van der Waals surface area contributed by atoms with Gasteiger partial charge in [0.2, 0.25) is 0 Å². The highest BCUT2D eigenvalue weighted by Crippen LogP contribution is 2.22. The van der Waals surface area contributed by atoms with E-state index in [-0.39, 0.29) is 17.3 Å². The number of likely N-dealkylation sites (N-methyl/N-ethyl adjacent to an activating group) is 1. The number of imidazole rings is 1. The highest BCUT2D eigenvalue weighted by atomic mass is 19.1. The molecule has 0 radical (unpaired) electrons. The number of halogens is 1. The number of nitrogens with zero attached hydrogens (tertiary/aromatic N) is 3. The number of carbonyl (C=O) groups is 3. The minimum Gasteiger partial charge on any atom is -0.364 e. The molecule has 0 bridgehead atoms. The molecular weight excluding hydrogens is 427 g/mol. The molecule has 0 fully saturated rings. The second-order valence-corrected chi connectivity index (χ2v) is 7.75. The molecule has 0 aliphatic carbocycles. The molecule has 4 N–H and O–H groups in total. The first-order chi connectivity index (χ1) is 15.7. The molecule has 0 aliphatic heterocycles. The second kappa shape index (κ2) is 10.0. The molecule has 0 spiro atoms. The summed E-state index contributed by atoms with van der Waals surface area (Å²) in [6.45, 7) is 2.85. The van der Waals surface area contributed by atoms with E-state index in [1.165, 1.54) is 30.6 Å². The van der Waals surface area contributed by atoms with Crippen molar-refractivity contribution < 1.29 is 18.8 Å². The van der Waals surface area contributed by atoms with Gasteiger partial charge in [0.25, 0.3) is 17.7 Å². The standard InChI is InChI=1S/C23H25FN6O3/c1-14-12-17(8-9-18(14)28-22(32)15-4-6-16(24)7-5-15)27-23(33)20-19(21(25)31)26-13-30(20)11-10-29(2)3/h4-9,12-13H,10-11H2,1-3H3,(H2,25,31)(H,27,33)(H,28,32). The van der Waals surface area contributed by atoms with E-state index in [2.05, 4.69) is 15.6 Å². The van der Waals surface area contributed by atoms with Crippen LogP contribution in [0.5, 0.6) is 0 Å². The van der Waals surface area contributed by atoms with E-state index >= 15 is 0 Å². The van der Waals surface area contributed by atoms with Gasteiger partial charge in [-0.15, -0.1) is 0 Å². The molecule has 1 heterocycles. The minimum atomic E-state index is -0.793. The quantitative estimate of drug-likeness (QED) is 0.485. The van der Waals surface area contributed by atoms with Crippen molar-refractivity contribution in [2.45, 2.75) is 13.5 Å². The Bertz CT molecular complexity index is 1190. The third kappa shape index (κ3) is 5.80. The molecule has 2 aromatic carbocycles. The molecule has 3 rings (SSSR count). The lowest BCUT2D eigenvalue weighted by molar-refractivity contribution is 0.0969. The number of aryl methyl sites for hydroxylation is 1. The molecule has 1 aromatic heterocycles. The maximum absolute atomic E-state index is 13.1. The van der Waals surface area contributed by atoms with E-state index in [1.54, 1.807) is 29.7 Å². The fourth-order valence-corrected chi connectivity index (χ4v) is 3.15. The Morgan fingerprint density at radius 2 is 1.76 bits per heavy atom. The van der Waals surface area contributed by atoms with Crippen LogP contribution in [0.1, 0.15) is 36.9 Å². The number of rotatable bonds is 8. The lowest BCUT2D eigenvalue weighted by Crippen LogP contribution is -2.25. The van der Waals surface area contributed by atoms with E-state index < -0.39 is 17.6 Å². The number of benzene rings is 2. The van der Waals surface area contributed by atoms with Gasteiger partial charge in [-0.1, -0.05) is 0 Å². The maximum Gasteiger partial charge on any atom is 0.274 e. The SMILES string of the molecule is Cc1cc(NC(=O)c2c(C(N)=O)ncn2CCN(C)C)ccc1NC(=O)c1ccc(F)cc1. The van der Waals surface area contributed by atoms with Gasteiger partial charge in [0.1, 0.15) is 11.5 Å². The number of nitrogens with two attached hydrogens (primary N) is 1. The molecule has 3 amide bonds. The lowest BCUT2D eigenvalue weighted by Gasteiger charge is -2.14. The van der Waals surface area contributed by atoms with Gasteiger partial charge in [0.15, 0.2) is 5.69 Å². The van der Waals surface area contributed by atoms with Crippen LogP contribution in [0.3, 0.4) is 0 Å². The van der Waals surface area contributed by atoms with Crippen LogP contribution in [-0.2, 0) is 6.54 Å². The predicted octanol–water partition coefficient (Wildman–Crippen LogP) is 2.50. The van der Waals surface area contributed by atoms with Gasteiger partial charge in [0, 0.05) is 30.0 Å². The summed E-state index contributed by atoms with van der Waals surface area (Å²) in [5, 5.41) is 5.51. The van der Waals surface area contributed by atoms with Crippen molar-refractivity contribution in [3.63, 3.8) is 0 Å². The number of nitrogens with one attached hydrogen (secondary N) is 2. The van der Waals surface area contributed by atoms with Crippen molar-refractivity contribution in [1.82, 2.24) is 14.5 Å². The predicted molar refractivity (Wildman–Crippen MR) is 123 cm³/mol. The summed E-state index contributed by atoms with van der Waals surface area (Å²) in [6, 6.07) is 10.2. The summed E-state index contributed by atoms with van der Waals surface area (Å²) in [5.41, 5.74) is 7.38. The largest absolute Gasteiger partial charge is 0.364 e. The average Bonchev–Trinajstić information content (AvgIpc) is 3.19. The van der Waals surface area contributed by atoms with Crippen LogP contribution in [0.2, 0.25) is 0 Å². The van der Waals surface area contributed by atoms with Crippen LogP contribution in [0.25, 0.3) is 0 Å². The molecule has 172 valence electrons. The minimum absolute atomic E-state index is 0.0793. The fourth-order valence-electron chi connectivity index (χ4n) is 3.15. The Kier molecular flexibility index (Phi) is 7.19. The number of carbonyl (C=O) groups excluding carboxylic acids is 3. The zero-order valence-electron chi connectivity index (χ0n) is 18.6. The molecular formula is C23H25FN6O3. The van der Waals surface area contributed by atoms with E-state index in [0.29, 0.717) is 35.6 Å². The normalized spacial score (nSPS) is 10.8. The maximum atomic E-state index is 13.1. The topological polar surface area (TPSA) is 122 Å².